The van der Waals surface area contributed by atoms with Crippen molar-refractivity contribution in [2.75, 3.05) is 13.2 Å². The summed E-state index contributed by atoms with van der Waals surface area (Å²) in [6.45, 7) is 2.83. The van der Waals surface area contributed by atoms with Crippen LogP contribution in [-0.2, 0) is 26.5 Å². The number of nitrogens with one attached hydrogen (secondary N) is 2. The van der Waals surface area contributed by atoms with Crippen molar-refractivity contribution >= 4 is 35.1 Å². The van der Waals surface area contributed by atoms with Crippen LogP contribution in [0.2, 0.25) is 10.0 Å². The lowest BCUT2D eigenvalue weighted by atomic mass is 9.68. The number of hydrogen-bond acceptors (Lipinski definition) is 7. The Morgan fingerprint density at radius 2 is 1.82 bits per heavy atom. The lowest BCUT2D eigenvalue weighted by Gasteiger charge is -2.40. The molecule has 12 heteroatoms. The van der Waals surface area contributed by atoms with Crippen molar-refractivity contribution in [3.63, 3.8) is 0 Å². The molecule has 1 amide bonds. The standard InChI is InChI=1S/C33H37Cl2F2N3O5/c1-32(2,31(44)45-18-19-7-4-3-5-8-19)16-26-33(38,23-12-11-20(34)15-25(23)36)27(22-9-6-10-24(35)28(22)37)29(40-26)30(43)39-14-13-21(42)17-41/h3-12,15,21,26-27,29,40-42H,13-14,16-18,38H2,1-2H3,(H,39,43). The van der Waals surface area contributed by atoms with E-state index >= 15 is 8.78 Å². The summed E-state index contributed by atoms with van der Waals surface area (Å²) in [4.78, 5) is 27.1. The highest BCUT2D eigenvalue weighted by atomic mass is 35.5. The van der Waals surface area contributed by atoms with Crippen LogP contribution in [0, 0.1) is 17.0 Å². The van der Waals surface area contributed by atoms with Gasteiger partial charge in [0, 0.05) is 29.1 Å². The quantitative estimate of drug-likeness (QED) is 0.179. The van der Waals surface area contributed by atoms with E-state index in [1.807, 2.05) is 30.3 Å². The van der Waals surface area contributed by atoms with Gasteiger partial charge in [0.05, 0.1) is 34.7 Å². The second-order valence-corrected chi connectivity index (χ2v) is 12.8. The molecule has 3 aromatic rings. The summed E-state index contributed by atoms with van der Waals surface area (Å²) >= 11 is 12.2. The van der Waals surface area contributed by atoms with Crippen molar-refractivity contribution in [1.29, 1.82) is 0 Å². The Morgan fingerprint density at radius 3 is 2.49 bits per heavy atom. The van der Waals surface area contributed by atoms with E-state index in [0.29, 0.717) is 0 Å². The molecule has 0 spiro atoms. The Morgan fingerprint density at radius 1 is 1.11 bits per heavy atom. The van der Waals surface area contributed by atoms with Gasteiger partial charge in [-0.1, -0.05) is 71.7 Å². The van der Waals surface area contributed by atoms with E-state index in [9.17, 15) is 14.7 Å². The molecule has 1 heterocycles. The highest BCUT2D eigenvalue weighted by Crippen LogP contribution is 2.50. The monoisotopic (exact) mass is 663 g/mol. The first kappa shape index (κ1) is 34.7. The predicted molar refractivity (Wildman–Crippen MR) is 167 cm³/mol. The van der Waals surface area contributed by atoms with Crippen molar-refractivity contribution in [2.45, 2.75) is 62.9 Å². The van der Waals surface area contributed by atoms with Gasteiger partial charge in [-0.05, 0) is 56.0 Å². The van der Waals surface area contributed by atoms with Gasteiger partial charge in [0.2, 0.25) is 5.91 Å². The molecule has 1 saturated heterocycles. The van der Waals surface area contributed by atoms with Crippen LogP contribution in [0.4, 0.5) is 8.78 Å². The normalized spacial score (nSPS) is 22.2. The Balaban J connectivity index is 1.77. The summed E-state index contributed by atoms with van der Waals surface area (Å²) < 4.78 is 37.2. The van der Waals surface area contributed by atoms with Gasteiger partial charge in [0.1, 0.15) is 18.2 Å². The fourth-order valence-corrected chi connectivity index (χ4v) is 6.21. The maximum atomic E-state index is 15.8. The maximum absolute atomic E-state index is 15.8. The predicted octanol–water partition coefficient (Wildman–Crippen LogP) is 4.57. The minimum Gasteiger partial charge on any atom is -0.460 e. The molecule has 1 aliphatic rings. The van der Waals surface area contributed by atoms with Crippen molar-refractivity contribution in [3.05, 3.63) is 105 Å². The molecule has 0 radical (unpaired) electrons. The number of halogens is 4. The van der Waals surface area contributed by atoms with Crippen LogP contribution in [0.3, 0.4) is 0 Å². The third-order valence-electron chi connectivity index (χ3n) is 8.27. The number of carbonyl (C=O) groups excluding carboxylic acids is 2. The van der Waals surface area contributed by atoms with Gasteiger partial charge in [-0.2, -0.15) is 0 Å². The summed E-state index contributed by atoms with van der Waals surface area (Å²) in [5.74, 6) is -3.99. The number of nitrogens with two attached hydrogens (primary N) is 1. The summed E-state index contributed by atoms with van der Waals surface area (Å²) in [5, 5.41) is 24.7. The molecule has 0 aliphatic carbocycles. The maximum Gasteiger partial charge on any atom is 0.311 e. The zero-order valence-electron chi connectivity index (χ0n) is 24.9. The third-order valence-corrected chi connectivity index (χ3v) is 8.80. The Kier molecular flexibility index (Phi) is 11.2. The number of hydrogen-bond donors (Lipinski definition) is 5. The van der Waals surface area contributed by atoms with Gasteiger partial charge in [0.15, 0.2) is 0 Å². The van der Waals surface area contributed by atoms with Crippen LogP contribution >= 0.6 is 23.2 Å². The van der Waals surface area contributed by atoms with E-state index in [4.69, 9.17) is 38.8 Å². The third kappa shape index (κ3) is 7.65. The number of esters is 1. The van der Waals surface area contributed by atoms with E-state index < -0.39 is 65.2 Å². The van der Waals surface area contributed by atoms with E-state index in [0.717, 1.165) is 11.6 Å². The molecule has 6 N–H and O–H groups in total. The van der Waals surface area contributed by atoms with Gasteiger partial charge in [-0.25, -0.2) is 8.78 Å². The first-order chi connectivity index (χ1) is 21.3. The fraction of sp³-hybridized carbons (Fsp3) is 0.394. The van der Waals surface area contributed by atoms with Crippen molar-refractivity contribution in [1.82, 2.24) is 10.6 Å². The molecule has 5 atom stereocenters. The molecule has 1 fully saturated rings. The zero-order chi connectivity index (χ0) is 32.9. The molecular weight excluding hydrogens is 627 g/mol. The van der Waals surface area contributed by atoms with Crippen LogP contribution in [0.15, 0.2) is 66.7 Å². The van der Waals surface area contributed by atoms with Crippen molar-refractivity contribution in [3.8, 4) is 0 Å². The van der Waals surface area contributed by atoms with Gasteiger partial charge in [-0.3, -0.25) is 9.59 Å². The lowest BCUT2D eigenvalue weighted by Crippen LogP contribution is -2.53. The molecule has 8 nitrogen and oxygen atoms in total. The smallest absolute Gasteiger partial charge is 0.311 e. The number of rotatable bonds is 12. The molecule has 4 rings (SSSR count). The number of carbonyl (C=O) groups is 2. The largest absolute Gasteiger partial charge is 0.460 e. The molecule has 5 unspecified atom stereocenters. The lowest BCUT2D eigenvalue weighted by molar-refractivity contribution is -0.156. The van der Waals surface area contributed by atoms with E-state index in [1.54, 1.807) is 13.8 Å². The first-order valence-electron chi connectivity index (χ1n) is 14.5. The molecule has 0 saturated carbocycles. The fourth-order valence-electron chi connectivity index (χ4n) is 5.87. The minimum atomic E-state index is -1.82. The molecule has 3 aromatic carbocycles. The Hall–Kier alpha value is -3.12. The van der Waals surface area contributed by atoms with Crippen molar-refractivity contribution in [2.24, 2.45) is 11.1 Å². The number of benzene rings is 3. The van der Waals surface area contributed by atoms with Gasteiger partial charge in [-0.15, -0.1) is 0 Å². The molecule has 45 heavy (non-hydrogen) atoms. The number of aliphatic hydroxyl groups excluding tert-OH is 2. The topological polar surface area (TPSA) is 134 Å². The minimum absolute atomic E-state index is 0.0155. The highest BCUT2D eigenvalue weighted by molar-refractivity contribution is 6.31. The van der Waals surface area contributed by atoms with Crippen LogP contribution < -0.4 is 16.4 Å². The molecule has 0 aromatic heterocycles. The van der Waals surface area contributed by atoms with E-state index in [2.05, 4.69) is 10.6 Å². The van der Waals surface area contributed by atoms with Crippen LogP contribution in [-0.4, -0.2) is 53.4 Å². The SMILES string of the molecule is CC(C)(CC1NC(C(=O)NCCC(O)CO)C(c2cccc(Cl)c2F)C1(N)c1ccc(Cl)cc1F)C(=O)OCc1ccccc1. The highest BCUT2D eigenvalue weighted by Gasteiger charge is 2.59. The van der Waals surface area contributed by atoms with Gasteiger partial charge in [0.25, 0.3) is 0 Å². The zero-order valence-corrected chi connectivity index (χ0v) is 26.4. The number of amides is 1. The molecule has 0 bridgehead atoms. The van der Waals surface area contributed by atoms with Crippen LogP contribution in [0.1, 0.15) is 49.3 Å². The van der Waals surface area contributed by atoms with Gasteiger partial charge < -0.3 is 31.3 Å². The van der Waals surface area contributed by atoms with E-state index in [-0.39, 0.29) is 47.2 Å². The summed E-state index contributed by atoms with van der Waals surface area (Å²) in [7, 11) is 0. The Labute approximate surface area is 270 Å². The number of ether oxygens (including phenoxy) is 1. The van der Waals surface area contributed by atoms with Crippen molar-refractivity contribution < 1.29 is 33.3 Å². The van der Waals surface area contributed by atoms with Crippen LogP contribution in [0.25, 0.3) is 0 Å². The van der Waals surface area contributed by atoms with Crippen LogP contribution in [0.5, 0.6) is 0 Å². The molecule has 1 aliphatic heterocycles. The number of aliphatic hydroxyl groups is 2. The second-order valence-electron chi connectivity index (χ2n) is 11.9. The Bertz CT molecular complexity index is 1510. The molecule has 242 valence electrons. The molecular formula is C33H37Cl2F2N3O5. The van der Waals surface area contributed by atoms with Gasteiger partial charge >= 0.3 is 5.97 Å². The summed E-state index contributed by atoms with van der Waals surface area (Å²) in [6, 6.07) is 15.1. The second kappa shape index (κ2) is 14.5. The average molecular weight is 665 g/mol. The summed E-state index contributed by atoms with van der Waals surface area (Å²) in [6.07, 6.45) is -1.05. The first-order valence-corrected chi connectivity index (χ1v) is 15.3. The summed E-state index contributed by atoms with van der Waals surface area (Å²) in [5.41, 5.74) is 4.90. The average Bonchev–Trinajstić information content (AvgIpc) is 3.29. The van der Waals surface area contributed by atoms with E-state index in [1.165, 1.54) is 30.3 Å².